The van der Waals surface area contributed by atoms with Crippen LogP contribution in [0.25, 0.3) is 0 Å². The van der Waals surface area contributed by atoms with Crippen LogP contribution in [0.4, 0.5) is 0 Å². The van der Waals surface area contributed by atoms with Crippen molar-refractivity contribution in [3.8, 4) is 5.75 Å². The van der Waals surface area contributed by atoms with Gasteiger partial charge < -0.3 is 15.0 Å². The summed E-state index contributed by atoms with van der Waals surface area (Å²) in [6.07, 6.45) is 1.87. The quantitative estimate of drug-likeness (QED) is 0.834. The van der Waals surface area contributed by atoms with Gasteiger partial charge in [-0.15, -0.1) is 0 Å². The van der Waals surface area contributed by atoms with E-state index in [-0.39, 0.29) is 30.1 Å². The Morgan fingerprint density at radius 3 is 2.70 bits per heavy atom. The van der Waals surface area contributed by atoms with Gasteiger partial charge in [-0.3, -0.25) is 14.4 Å². The number of nitrogens with zero attached hydrogens (tertiary/aromatic N) is 1. The van der Waals surface area contributed by atoms with Gasteiger partial charge in [0.15, 0.2) is 5.78 Å². The highest BCUT2D eigenvalue weighted by molar-refractivity contribution is 6.01. The number of ether oxygens (including phenoxy) is 1. The predicted octanol–water partition coefficient (Wildman–Crippen LogP) is 3.20. The second-order valence-electron chi connectivity index (χ2n) is 8.58. The third-order valence-corrected chi connectivity index (χ3v) is 6.54. The number of carbonyl (C=O) groups is 3. The molecule has 154 valence electrons. The van der Waals surface area contributed by atoms with Crippen molar-refractivity contribution < 1.29 is 19.1 Å². The Hall–Kier alpha value is -3.15. The lowest BCUT2D eigenvalue weighted by Crippen LogP contribution is -2.52. The summed E-state index contributed by atoms with van der Waals surface area (Å²) in [5, 5.41) is 2.91. The average molecular weight is 404 g/mol. The predicted molar refractivity (Wildman–Crippen MR) is 111 cm³/mol. The highest BCUT2D eigenvalue weighted by Gasteiger charge is 2.44. The molecule has 1 N–H and O–H groups in total. The van der Waals surface area contributed by atoms with Crippen molar-refractivity contribution in [2.45, 2.75) is 44.2 Å². The Bertz CT molecular complexity index is 1050. The van der Waals surface area contributed by atoms with E-state index < -0.39 is 5.60 Å². The summed E-state index contributed by atoms with van der Waals surface area (Å²) in [6, 6.07) is 12.8. The molecule has 1 saturated heterocycles. The average Bonchev–Trinajstić information content (AvgIpc) is 3.05. The topological polar surface area (TPSA) is 75.7 Å². The third kappa shape index (κ3) is 3.16. The van der Waals surface area contributed by atoms with Crippen molar-refractivity contribution >= 4 is 17.6 Å². The summed E-state index contributed by atoms with van der Waals surface area (Å²) in [7, 11) is 0. The number of fused-ring (bicyclic) bond motifs is 2. The minimum absolute atomic E-state index is 0.0185. The van der Waals surface area contributed by atoms with Gasteiger partial charge in [-0.2, -0.15) is 0 Å². The van der Waals surface area contributed by atoms with Crippen LogP contribution in [0.1, 0.15) is 63.6 Å². The Balaban J connectivity index is 1.24. The van der Waals surface area contributed by atoms with Crippen LogP contribution < -0.4 is 10.1 Å². The molecule has 3 aliphatic rings. The largest absolute Gasteiger partial charge is 0.486 e. The molecule has 1 atom stereocenters. The molecule has 0 aromatic heterocycles. The zero-order valence-electron chi connectivity index (χ0n) is 16.9. The Kier molecular flexibility index (Phi) is 4.38. The van der Waals surface area contributed by atoms with Gasteiger partial charge >= 0.3 is 0 Å². The van der Waals surface area contributed by atoms with E-state index in [1.54, 1.807) is 6.07 Å². The second kappa shape index (κ2) is 6.97. The summed E-state index contributed by atoms with van der Waals surface area (Å²) in [6.45, 7) is 3.07. The SMILES string of the molecule is Cc1ccc2c(c1)C(=O)CC1(CCN(C(=O)C[C@@H]3NC(=O)c4ccccc43)CC1)O2. The lowest BCUT2D eigenvalue weighted by atomic mass is 9.82. The van der Waals surface area contributed by atoms with Crippen LogP contribution >= 0.6 is 0 Å². The van der Waals surface area contributed by atoms with Gasteiger partial charge in [0.1, 0.15) is 11.4 Å². The summed E-state index contributed by atoms with van der Waals surface area (Å²) in [5.41, 5.74) is 2.72. The van der Waals surface area contributed by atoms with E-state index in [1.165, 1.54) is 0 Å². The fraction of sp³-hybridized carbons (Fsp3) is 0.375. The molecular formula is C24H24N2O4. The standard InChI is InChI=1S/C24H24N2O4/c1-15-6-7-21-18(12-15)20(27)14-24(30-21)8-10-26(11-9-24)22(28)13-19-16-4-2-3-5-17(16)23(29)25-19/h2-7,12,19H,8-11,13-14H2,1H3,(H,25,29)/t19-/m0/s1. The van der Waals surface area contributed by atoms with Crippen LogP contribution in [0.15, 0.2) is 42.5 Å². The van der Waals surface area contributed by atoms with Gasteiger partial charge in [0.05, 0.1) is 24.4 Å². The van der Waals surface area contributed by atoms with E-state index in [4.69, 9.17) is 4.74 Å². The monoisotopic (exact) mass is 404 g/mol. The minimum atomic E-state index is -0.524. The highest BCUT2D eigenvalue weighted by atomic mass is 16.5. The first kappa shape index (κ1) is 18.9. The number of hydrogen-bond donors (Lipinski definition) is 1. The molecule has 6 nitrogen and oxygen atoms in total. The molecule has 0 bridgehead atoms. The van der Waals surface area contributed by atoms with Crippen LogP contribution in [0, 0.1) is 6.92 Å². The molecule has 0 radical (unpaired) electrons. The summed E-state index contributed by atoms with van der Waals surface area (Å²) in [5.74, 6) is 0.668. The van der Waals surface area contributed by atoms with Crippen LogP contribution in [0.3, 0.4) is 0 Å². The van der Waals surface area contributed by atoms with Gasteiger partial charge in [-0.05, 0) is 30.7 Å². The molecule has 6 heteroatoms. The van der Waals surface area contributed by atoms with Crippen molar-refractivity contribution in [1.82, 2.24) is 10.2 Å². The van der Waals surface area contributed by atoms with Crippen LogP contribution in [-0.2, 0) is 4.79 Å². The van der Waals surface area contributed by atoms with Gasteiger partial charge in [0, 0.05) is 31.5 Å². The number of Topliss-reactive ketones (excluding diaryl/α,β-unsaturated/α-hetero) is 1. The number of piperidine rings is 1. The molecule has 1 spiro atoms. The Morgan fingerprint density at radius 2 is 1.90 bits per heavy atom. The molecule has 3 heterocycles. The van der Waals surface area contributed by atoms with E-state index in [9.17, 15) is 14.4 Å². The van der Waals surface area contributed by atoms with E-state index in [0.717, 1.165) is 11.1 Å². The summed E-state index contributed by atoms with van der Waals surface area (Å²) >= 11 is 0. The number of hydrogen-bond acceptors (Lipinski definition) is 4. The fourth-order valence-corrected chi connectivity index (χ4v) is 4.84. The van der Waals surface area contributed by atoms with Gasteiger partial charge in [0.25, 0.3) is 5.91 Å². The van der Waals surface area contributed by atoms with Crippen LogP contribution in [-0.4, -0.2) is 41.2 Å². The van der Waals surface area contributed by atoms with Crippen molar-refractivity contribution in [3.05, 3.63) is 64.7 Å². The molecular weight excluding hydrogens is 380 g/mol. The number of amides is 2. The summed E-state index contributed by atoms with van der Waals surface area (Å²) < 4.78 is 6.29. The van der Waals surface area contributed by atoms with Crippen LogP contribution in [0.5, 0.6) is 5.75 Å². The van der Waals surface area contributed by atoms with Gasteiger partial charge in [0.2, 0.25) is 5.91 Å². The minimum Gasteiger partial charge on any atom is -0.486 e. The fourth-order valence-electron chi connectivity index (χ4n) is 4.84. The molecule has 0 unspecified atom stereocenters. The van der Waals surface area contributed by atoms with Crippen molar-refractivity contribution in [2.75, 3.05) is 13.1 Å². The first-order valence-corrected chi connectivity index (χ1v) is 10.4. The molecule has 0 aliphatic carbocycles. The lowest BCUT2D eigenvalue weighted by Gasteiger charge is -2.44. The Morgan fingerprint density at radius 1 is 1.13 bits per heavy atom. The lowest BCUT2D eigenvalue weighted by molar-refractivity contribution is -0.135. The first-order chi connectivity index (χ1) is 14.4. The number of aryl methyl sites for hydroxylation is 1. The van der Waals surface area contributed by atoms with E-state index in [1.807, 2.05) is 48.2 Å². The van der Waals surface area contributed by atoms with Crippen molar-refractivity contribution in [1.29, 1.82) is 0 Å². The molecule has 1 fully saturated rings. The van der Waals surface area contributed by atoms with Gasteiger partial charge in [-0.1, -0.05) is 29.8 Å². The maximum atomic E-state index is 12.9. The zero-order valence-corrected chi connectivity index (χ0v) is 16.9. The van der Waals surface area contributed by atoms with Crippen LogP contribution in [0.2, 0.25) is 0 Å². The summed E-state index contributed by atoms with van der Waals surface area (Å²) in [4.78, 5) is 39.5. The van der Waals surface area contributed by atoms with E-state index in [0.29, 0.717) is 49.2 Å². The molecule has 0 saturated carbocycles. The number of ketones is 1. The molecule has 3 aliphatic heterocycles. The van der Waals surface area contributed by atoms with Crippen molar-refractivity contribution in [3.63, 3.8) is 0 Å². The molecule has 2 aromatic carbocycles. The maximum Gasteiger partial charge on any atom is 0.252 e. The molecule has 5 rings (SSSR count). The third-order valence-electron chi connectivity index (χ3n) is 6.54. The smallest absolute Gasteiger partial charge is 0.252 e. The first-order valence-electron chi connectivity index (χ1n) is 10.4. The molecule has 2 amide bonds. The van der Waals surface area contributed by atoms with Crippen molar-refractivity contribution in [2.24, 2.45) is 0 Å². The number of rotatable bonds is 2. The Labute approximate surface area is 175 Å². The normalized spacial score (nSPS) is 21.6. The molecule has 30 heavy (non-hydrogen) atoms. The highest BCUT2D eigenvalue weighted by Crippen LogP contribution is 2.40. The van der Waals surface area contributed by atoms with Gasteiger partial charge in [-0.25, -0.2) is 0 Å². The molecule has 2 aromatic rings. The number of likely N-dealkylation sites (tertiary alicyclic amines) is 1. The van der Waals surface area contributed by atoms with E-state index >= 15 is 0 Å². The number of benzene rings is 2. The maximum absolute atomic E-state index is 12.9. The zero-order chi connectivity index (χ0) is 20.9. The second-order valence-corrected chi connectivity index (χ2v) is 8.58. The van der Waals surface area contributed by atoms with E-state index in [2.05, 4.69) is 5.32 Å². The number of carbonyl (C=O) groups excluding carboxylic acids is 3. The number of nitrogens with one attached hydrogen (secondary N) is 1.